The predicted molar refractivity (Wildman–Crippen MR) is 106 cm³/mol. The van der Waals surface area contributed by atoms with Gasteiger partial charge in [-0.25, -0.2) is 18.4 Å². The van der Waals surface area contributed by atoms with Gasteiger partial charge >= 0.3 is 0 Å². The minimum Gasteiger partial charge on any atom is -0.356 e. The van der Waals surface area contributed by atoms with E-state index in [1.54, 1.807) is 29.0 Å². The monoisotopic (exact) mass is 395 g/mol. The number of aromatic nitrogens is 3. The number of benzene rings is 1. The number of hydrogen-bond acceptors (Lipinski definition) is 6. The van der Waals surface area contributed by atoms with Crippen LogP contribution >= 0.6 is 0 Å². The maximum Gasteiger partial charge on any atom is 0.245 e. The van der Waals surface area contributed by atoms with Gasteiger partial charge in [0.1, 0.15) is 17.0 Å². The Kier molecular flexibility index (Phi) is 4.06. The number of aryl methyl sites for hydroxylation is 1. The van der Waals surface area contributed by atoms with Crippen LogP contribution in [0, 0.1) is 18.8 Å². The normalized spacial score (nSPS) is 22.7. The molecule has 0 radical (unpaired) electrons. The average Bonchev–Trinajstić information content (AvgIpc) is 3.27. The second-order valence-electron chi connectivity index (χ2n) is 7.61. The number of hydrogen-bond donors (Lipinski definition) is 0. The van der Waals surface area contributed by atoms with Crippen LogP contribution in [0.15, 0.2) is 53.9 Å². The number of rotatable bonds is 3. The van der Waals surface area contributed by atoms with Gasteiger partial charge in [0, 0.05) is 49.5 Å². The number of anilines is 1. The summed E-state index contributed by atoms with van der Waals surface area (Å²) in [5.74, 6) is 1.58. The minimum absolute atomic E-state index is 0.300. The molecule has 5 rings (SSSR count). The van der Waals surface area contributed by atoms with E-state index in [4.69, 9.17) is 0 Å². The summed E-state index contributed by atoms with van der Waals surface area (Å²) < 4.78 is 28.3. The molecule has 0 bridgehead atoms. The molecule has 0 saturated carbocycles. The van der Waals surface area contributed by atoms with Crippen LogP contribution in [-0.4, -0.2) is 53.9 Å². The first-order valence-corrected chi connectivity index (χ1v) is 10.8. The highest BCUT2D eigenvalue weighted by atomic mass is 32.2. The summed E-state index contributed by atoms with van der Waals surface area (Å²) in [6, 6.07) is 9.05. The van der Waals surface area contributed by atoms with Crippen LogP contribution < -0.4 is 4.90 Å². The molecule has 8 heteroatoms. The number of sulfonamides is 1. The van der Waals surface area contributed by atoms with Gasteiger partial charge in [0.05, 0.1) is 5.52 Å². The van der Waals surface area contributed by atoms with Gasteiger partial charge in [-0.15, -0.1) is 0 Å². The van der Waals surface area contributed by atoms with Crippen LogP contribution in [-0.2, 0) is 10.0 Å². The van der Waals surface area contributed by atoms with Crippen LogP contribution in [0.2, 0.25) is 0 Å². The summed E-state index contributed by atoms with van der Waals surface area (Å²) in [7, 11) is -3.57. The molecule has 4 heterocycles. The van der Waals surface area contributed by atoms with Gasteiger partial charge in [0.2, 0.25) is 10.0 Å². The molecule has 0 N–H and O–H groups in total. The Balaban J connectivity index is 1.40. The molecule has 2 atom stereocenters. The van der Waals surface area contributed by atoms with E-state index >= 15 is 0 Å². The molecular formula is C20H21N5O2S. The van der Waals surface area contributed by atoms with E-state index in [-0.39, 0.29) is 0 Å². The summed E-state index contributed by atoms with van der Waals surface area (Å²) in [4.78, 5) is 15.4. The highest BCUT2D eigenvalue weighted by molar-refractivity contribution is 7.89. The fourth-order valence-corrected chi connectivity index (χ4v) is 6.19. The first kappa shape index (κ1) is 17.5. The second-order valence-corrected chi connectivity index (χ2v) is 9.51. The average molecular weight is 395 g/mol. The van der Waals surface area contributed by atoms with E-state index in [1.807, 2.05) is 31.3 Å². The maximum absolute atomic E-state index is 13.3. The molecule has 2 aliphatic heterocycles. The molecule has 0 aliphatic carbocycles. The van der Waals surface area contributed by atoms with Gasteiger partial charge in [-0.2, -0.15) is 4.31 Å². The molecule has 2 aliphatic rings. The summed E-state index contributed by atoms with van der Waals surface area (Å²) in [6.45, 7) is 4.73. The fourth-order valence-electron chi connectivity index (χ4n) is 4.47. The molecule has 2 unspecified atom stereocenters. The Morgan fingerprint density at radius 1 is 1.00 bits per heavy atom. The predicted octanol–water partition coefficient (Wildman–Crippen LogP) is 2.09. The lowest BCUT2D eigenvalue weighted by Crippen LogP contribution is -2.33. The topological polar surface area (TPSA) is 79.3 Å². The van der Waals surface area contributed by atoms with Crippen molar-refractivity contribution in [3.63, 3.8) is 0 Å². The van der Waals surface area contributed by atoms with Crippen molar-refractivity contribution in [3.05, 3.63) is 54.6 Å². The molecule has 0 spiro atoms. The lowest BCUT2D eigenvalue weighted by molar-refractivity contribution is 0.453. The van der Waals surface area contributed by atoms with Gasteiger partial charge in [-0.05, 0) is 30.9 Å². The third kappa shape index (κ3) is 2.75. The van der Waals surface area contributed by atoms with Crippen molar-refractivity contribution >= 4 is 26.7 Å². The zero-order chi connectivity index (χ0) is 19.3. The first-order valence-electron chi connectivity index (χ1n) is 9.39. The molecule has 28 heavy (non-hydrogen) atoms. The van der Waals surface area contributed by atoms with E-state index in [9.17, 15) is 8.42 Å². The van der Waals surface area contributed by atoms with Gasteiger partial charge < -0.3 is 4.90 Å². The van der Waals surface area contributed by atoms with Crippen molar-refractivity contribution in [1.82, 2.24) is 19.3 Å². The fraction of sp³-hybridized carbons (Fsp3) is 0.350. The van der Waals surface area contributed by atoms with Crippen LogP contribution in [0.5, 0.6) is 0 Å². The lowest BCUT2D eigenvalue weighted by Gasteiger charge is -2.23. The van der Waals surface area contributed by atoms with Crippen LogP contribution in [0.1, 0.15) is 5.56 Å². The second kappa shape index (κ2) is 6.49. The van der Waals surface area contributed by atoms with Gasteiger partial charge in [0.25, 0.3) is 0 Å². The summed E-state index contributed by atoms with van der Waals surface area (Å²) in [5, 5.41) is 0.841. The Labute approximate surface area is 164 Å². The largest absolute Gasteiger partial charge is 0.356 e. The van der Waals surface area contributed by atoms with Crippen LogP contribution in [0.3, 0.4) is 0 Å². The Morgan fingerprint density at radius 3 is 2.50 bits per heavy atom. The number of fused-ring (bicyclic) bond motifs is 2. The van der Waals surface area contributed by atoms with E-state index in [1.165, 1.54) is 0 Å². The lowest BCUT2D eigenvalue weighted by atomic mass is 10.0. The van der Waals surface area contributed by atoms with Gasteiger partial charge in [-0.1, -0.05) is 18.2 Å². The van der Waals surface area contributed by atoms with Crippen molar-refractivity contribution in [2.45, 2.75) is 11.8 Å². The highest BCUT2D eigenvalue weighted by Crippen LogP contribution is 2.37. The van der Waals surface area contributed by atoms with Crippen molar-refractivity contribution in [2.24, 2.45) is 11.8 Å². The van der Waals surface area contributed by atoms with E-state index < -0.39 is 10.0 Å². The smallest absolute Gasteiger partial charge is 0.245 e. The van der Waals surface area contributed by atoms with Crippen molar-refractivity contribution in [2.75, 3.05) is 31.1 Å². The quantitative estimate of drug-likeness (QED) is 0.676. The third-order valence-electron chi connectivity index (χ3n) is 5.83. The Morgan fingerprint density at radius 2 is 1.75 bits per heavy atom. The number of pyridine rings is 1. The number of para-hydroxylation sites is 1. The first-order chi connectivity index (χ1) is 13.5. The van der Waals surface area contributed by atoms with E-state index in [2.05, 4.69) is 19.9 Å². The molecule has 7 nitrogen and oxygen atoms in total. The maximum atomic E-state index is 13.3. The molecule has 2 fully saturated rings. The van der Waals surface area contributed by atoms with E-state index in [0.717, 1.165) is 29.9 Å². The molecule has 3 aromatic rings. The standard InChI is InChI=1S/C20H21N5O2S/c1-14-8-21-13-23-20(14)24-9-16-11-25(12-17(16)10-24)28(26,27)18-6-2-4-15-5-3-7-22-19(15)18/h2-8,13,16-17H,9-12H2,1H3. The summed E-state index contributed by atoms with van der Waals surface area (Å²) in [6.07, 6.45) is 5.03. The van der Waals surface area contributed by atoms with Crippen LogP contribution in [0.25, 0.3) is 10.9 Å². The molecular weight excluding hydrogens is 374 g/mol. The number of nitrogens with zero attached hydrogens (tertiary/aromatic N) is 5. The molecule has 144 valence electrons. The molecule has 0 amide bonds. The van der Waals surface area contributed by atoms with Gasteiger partial charge in [0.15, 0.2) is 0 Å². The molecule has 2 saturated heterocycles. The zero-order valence-corrected chi connectivity index (χ0v) is 16.4. The van der Waals surface area contributed by atoms with Crippen molar-refractivity contribution in [1.29, 1.82) is 0 Å². The van der Waals surface area contributed by atoms with E-state index in [0.29, 0.717) is 35.3 Å². The highest BCUT2D eigenvalue weighted by Gasteiger charge is 2.45. The summed E-state index contributed by atoms with van der Waals surface area (Å²) in [5.41, 5.74) is 1.59. The minimum atomic E-state index is -3.57. The SMILES string of the molecule is Cc1cncnc1N1CC2CN(S(=O)(=O)c3cccc4cccnc34)CC2C1. The van der Waals surface area contributed by atoms with Crippen molar-refractivity contribution in [3.8, 4) is 0 Å². The van der Waals surface area contributed by atoms with Crippen molar-refractivity contribution < 1.29 is 8.42 Å². The third-order valence-corrected chi connectivity index (χ3v) is 7.70. The van der Waals surface area contributed by atoms with Crippen LogP contribution in [0.4, 0.5) is 5.82 Å². The molecule has 1 aromatic carbocycles. The Hall–Kier alpha value is -2.58. The summed E-state index contributed by atoms with van der Waals surface area (Å²) >= 11 is 0. The Bertz CT molecular complexity index is 1130. The van der Waals surface area contributed by atoms with Gasteiger partial charge in [-0.3, -0.25) is 4.98 Å². The molecule has 2 aromatic heterocycles. The zero-order valence-electron chi connectivity index (χ0n) is 15.6.